The molecule has 0 spiro atoms. The largest absolute Gasteiger partial charge is 0.340 e. The predicted octanol–water partition coefficient (Wildman–Crippen LogP) is 4.69. The zero-order valence-corrected chi connectivity index (χ0v) is 16.4. The van der Waals surface area contributed by atoms with Gasteiger partial charge in [0.25, 0.3) is 0 Å². The van der Waals surface area contributed by atoms with E-state index < -0.39 is 0 Å². The summed E-state index contributed by atoms with van der Waals surface area (Å²) in [6, 6.07) is 28.4. The van der Waals surface area contributed by atoms with E-state index in [0.717, 1.165) is 34.3 Å². The van der Waals surface area contributed by atoms with Crippen molar-refractivity contribution in [3.05, 3.63) is 107 Å². The van der Waals surface area contributed by atoms with Gasteiger partial charge in [0.15, 0.2) is 0 Å². The van der Waals surface area contributed by atoms with Crippen molar-refractivity contribution >= 4 is 23.0 Å². The number of para-hydroxylation sites is 1. The van der Waals surface area contributed by atoms with Gasteiger partial charge in [0.2, 0.25) is 5.91 Å². The van der Waals surface area contributed by atoms with Gasteiger partial charge in [-0.3, -0.25) is 4.79 Å². The van der Waals surface area contributed by atoms with Gasteiger partial charge in [0.1, 0.15) is 0 Å². The van der Waals surface area contributed by atoms with Crippen molar-refractivity contribution in [2.75, 3.05) is 0 Å². The first kappa shape index (κ1) is 18.7. The van der Waals surface area contributed by atoms with E-state index in [-0.39, 0.29) is 5.91 Å². The molecule has 4 heteroatoms. The Bertz CT molecular complexity index is 1140. The zero-order valence-electron chi connectivity index (χ0n) is 16.4. The predicted molar refractivity (Wildman–Crippen MR) is 118 cm³/mol. The first-order valence-corrected chi connectivity index (χ1v) is 9.70. The van der Waals surface area contributed by atoms with E-state index in [4.69, 9.17) is 0 Å². The van der Waals surface area contributed by atoms with Gasteiger partial charge in [-0.15, -0.1) is 0 Å². The van der Waals surface area contributed by atoms with Gasteiger partial charge < -0.3 is 4.57 Å². The van der Waals surface area contributed by atoms with Crippen LogP contribution in [0.3, 0.4) is 0 Å². The number of fused-ring (bicyclic) bond motifs is 1. The first-order valence-electron chi connectivity index (χ1n) is 9.70. The first-order chi connectivity index (χ1) is 14.2. The van der Waals surface area contributed by atoms with Gasteiger partial charge in [-0.1, -0.05) is 78.9 Å². The van der Waals surface area contributed by atoms with Gasteiger partial charge in [0.05, 0.1) is 12.6 Å². The fourth-order valence-corrected chi connectivity index (χ4v) is 3.58. The monoisotopic (exact) mass is 381 g/mol. The minimum atomic E-state index is -0.127. The molecule has 4 nitrogen and oxygen atoms in total. The van der Waals surface area contributed by atoms with Crippen molar-refractivity contribution in [2.45, 2.75) is 19.9 Å². The molecule has 3 aromatic carbocycles. The van der Waals surface area contributed by atoms with Crippen molar-refractivity contribution in [3.8, 4) is 0 Å². The van der Waals surface area contributed by atoms with Crippen LogP contribution >= 0.6 is 0 Å². The van der Waals surface area contributed by atoms with Crippen molar-refractivity contribution in [3.63, 3.8) is 0 Å². The van der Waals surface area contributed by atoms with Gasteiger partial charge >= 0.3 is 0 Å². The van der Waals surface area contributed by atoms with Crippen LogP contribution in [0, 0.1) is 6.92 Å². The molecule has 0 saturated heterocycles. The highest BCUT2D eigenvalue weighted by Gasteiger charge is 2.12. The molecule has 4 rings (SSSR count). The third-order valence-corrected chi connectivity index (χ3v) is 5.05. The normalized spacial score (nSPS) is 11.2. The van der Waals surface area contributed by atoms with Gasteiger partial charge in [-0.2, -0.15) is 5.10 Å². The van der Waals surface area contributed by atoms with Crippen LogP contribution in [-0.2, 0) is 17.8 Å². The molecule has 0 fully saturated rings. The molecular formula is C25H23N3O. The number of carbonyl (C=O) groups excluding carboxylic acids is 1. The molecule has 29 heavy (non-hydrogen) atoms. The molecule has 0 saturated carbocycles. The number of amides is 1. The summed E-state index contributed by atoms with van der Waals surface area (Å²) in [4.78, 5) is 12.2. The maximum Gasteiger partial charge on any atom is 0.244 e. The topological polar surface area (TPSA) is 46.4 Å². The summed E-state index contributed by atoms with van der Waals surface area (Å²) < 4.78 is 2.29. The third-order valence-electron chi connectivity index (χ3n) is 5.05. The van der Waals surface area contributed by atoms with Crippen LogP contribution in [0.2, 0.25) is 0 Å². The molecule has 1 amide bonds. The van der Waals surface area contributed by atoms with E-state index in [0.29, 0.717) is 6.42 Å². The van der Waals surface area contributed by atoms with Crippen LogP contribution < -0.4 is 5.43 Å². The summed E-state index contributed by atoms with van der Waals surface area (Å²) in [6.07, 6.45) is 2.06. The van der Waals surface area contributed by atoms with E-state index in [1.807, 2.05) is 48.5 Å². The summed E-state index contributed by atoms with van der Waals surface area (Å²) in [5, 5.41) is 5.36. The molecule has 0 aliphatic rings. The van der Waals surface area contributed by atoms with E-state index in [9.17, 15) is 4.79 Å². The average Bonchev–Trinajstić information content (AvgIpc) is 3.01. The molecule has 0 unspecified atom stereocenters. The van der Waals surface area contributed by atoms with Crippen molar-refractivity contribution < 1.29 is 4.79 Å². The number of carbonyl (C=O) groups is 1. The van der Waals surface area contributed by atoms with Crippen LogP contribution in [-0.4, -0.2) is 16.7 Å². The Balaban J connectivity index is 1.56. The third kappa shape index (κ3) is 4.27. The second-order valence-electron chi connectivity index (χ2n) is 7.04. The molecule has 1 aromatic heterocycles. The summed E-state index contributed by atoms with van der Waals surface area (Å²) in [7, 11) is 0. The Morgan fingerprint density at radius 3 is 2.24 bits per heavy atom. The van der Waals surface area contributed by atoms with Crippen LogP contribution in [0.5, 0.6) is 0 Å². The maximum atomic E-state index is 12.2. The highest BCUT2D eigenvalue weighted by Crippen LogP contribution is 2.25. The molecule has 144 valence electrons. The van der Waals surface area contributed by atoms with Gasteiger partial charge in [-0.25, -0.2) is 5.43 Å². The number of hydrazone groups is 1. The molecule has 0 bridgehead atoms. The molecule has 1 heterocycles. The van der Waals surface area contributed by atoms with Crippen LogP contribution in [0.15, 0.2) is 90.0 Å². The Hall–Kier alpha value is -3.66. The van der Waals surface area contributed by atoms with E-state index in [2.05, 4.69) is 58.4 Å². The van der Waals surface area contributed by atoms with E-state index >= 15 is 0 Å². The number of hydrogen-bond acceptors (Lipinski definition) is 2. The van der Waals surface area contributed by atoms with Gasteiger partial charge in [-0.05, 0) is 24.1 Å². The van der Waals surface area contributed by atoms with E-state index in [1.54, 1.807) is 6.21 Å². The Morgan fingerprint density at radius 2 is 1.52 bits per heavy atom. The van der Waals surface area contributed by atoms with Crippen molar-refractivity contribution in [2.24, 2.45) is 5.10 Å². The molecule has 0 atom stereocenters. The lowest BCUT2D eigenvalue weighted by atomic mass is 10.1. The lowest BCUT2D eigenvalue weighted by Gasteiger charge is -2.08. The fourth-order valence-electron chi connectivity index (χ4n) is 3.58. The number of nitrogens with one attached hydrogen (secondary N) is 1. The summed E-state index contributed by atoms with van der Waals surface area (Å²) in [6.45, 7) is 2.89. The minimum absolute atomic E-state index is 0.127. The Morgan fingerprint density at radius 1 is 0.897 bits per heavy atom. The molecular weight excluding hydrogens is 358 g/mol. The lowest BCUT2D eigenvalue weighted by molar-refractivity contribution is -0.120. The lowest BCUT2D eigenvalue weighted by Crippen LogP contribution is -2.19. The molecule has 4 aromatic rings. The van der Waals surface area contributed by atoms with Crippen molar-refractivity contribution in [1.29, 1.82) is 0 Å². The molecule has 0 radical (unpaired) electrons. The summed E-state index contributed by atoms with van der Waals surface area (Å²) >= 11 is 0. The fraction of sp³-hybridized carbons (Fsp3) is 0.120. The maximum absolute atomic E-state index is 12.2. The molecule has 0 aliphatic carbocycles. The second-order valence-corrected chi connectivity index (χ2v) is 7.04. The minimum Gasteiger partial charge on any atom is -0.340 e. The molecule has 1 N–H and O–H groups in total. The quantitative estimate of drug-likeness (QED) is 0.382. The standard InChI is InChI=1S/C25H23N3O/c1-19-23(17-26-27-25(29)16-20-10-4-2-5-11-20)22-14-8-9-15-24(22)28(19)18-21-12-6-3-7-13-21/h2-15,17H,16,18H2,1H3,(H,27,29)/b26-17+. The van der Waals surface area contributed by atoms with Crippen molar-refractivity contribution in [1.82, 2.24) is 9.99 Å². The van der Waals surface area contributed by atoms with E-state index in [1.165, 1.54) is 5.56 Å². The number of nitrogens with zero attached hydrogens (tertiary/aromatic N) is 2. The number of rotatable bonds is 6. The van der Waals surface area contributed by atoms with Gasteiger partial charge in [0, 0.05) is 28.7 Å². The second kappa shape index (κ2) is 8.57. The van der Waals surface area contributed by atoms with Crippen LogP contribution in [0.1, 0.15) is 22.4 Å². The Labute approximate surface area is 170 Å². The summed E-state index contributed by atoms with van der Waals surface area (Å²) in [5.41, 5.74) is 8.17. The van der Waals surface area contributed by atoms with Crippen LogP contribution in [0.4, 0.5) is 0 Å². The average molecular weight is 381 g/mol. The molecule has 0 aliphatic heterocycles. The number of hydrogen-bond donors (Lipinski definition) is 1. The zero-order chi connectivity index (χ0) is 20.1. The Kier molecular flexibility index (Phi) is 5.52. The highest BCUT2D eigenvalue weighted by atomic mass is 16.2. The summed E-state index contributed by atoms with van der Waals surface area (Å²) in [5.74, 6) is -0.127. The van der Waals surface area contributed by atoms with Crippen LogP contribution in [0.25, 0.3) is 10.9 Å². The highest BCUT2D eigenvalue weighted by molar-refractivity contribution is 6.01. The SMILES string of the molecule is Cc1c(/C=N/NC(=O)Cc2ccccc2)c2ccccc2n1Cc1ccccc1. The smallest absolute Gasteiger partial charge is 0.244 e. The number of aromatic nitrogens is 1. The number of benzene rings is 3.